The molecule has 3 rings (SSSR count). The number of methoxy groups -OCH3 is 1. The zero-order valence-corrected chi connectivity index (χ0v) is 13.4. The van der Waals surface area contributed by atoms with Crippen LogP contribution in [0.4, 0.5) is 0 Å². The lowest BCUT2D eigenvalue weighted by molar-refractivity contribution is -0.0180. The molecule has 21 heavy (non-hydrogen) atoms. The standard InChI is InChI=1S/C18H27NO2/c1-17(2)9-8-16(14-6-4-5-7-15(14)17)19-12-18(20-3)10-11-21-13-18/h4-7,16,19H,8-13H2,1-3H3. The summed E-state index contributed by atoms with van der Waals surface area (Å²) in [6, 6.07) is 9.30. The fourth-order valence-electron chi connectivity index (χ4n) is 3.69. The van der Waals surface area contributed by atoms with Gasteiger partial charge in [-0.05, 0) is 29.4 Å². The van der Waals surface area contributed by atoms with Crippen LogP contribution in [0.1, 0.15) is 50.3 Å². The van der Waals surface area contributed by atoms with Gasteiger partial charge in [0, 0.05) is 32.7 Å². The molecule has 0 saturated carbocycles. The van der Waals surface area contributed by atoms with Crippen molar-refractivity contribution in [3.8, 4) is 0 Å². The van der Waals surface area contributed by atoms with Gasteiger partial charge < -0.3 is 14.8 Å². The third kappa shape index (κ3) is 2.87. The van der Waals surface area contributed by atoms with Gasteiger partial charge in [0.05, 0.1) is 6.61 Å². The van der Waals surface area contributed by atoms with Crippen LogP contribution in [0.2, 0.25) is 0 Å². The predicted molar refractivity (Wildman–Crippen MR) is 84.6 cm³/mol. The van der Waals surface area contributed by atoms with Gasteiger partial charge in [0.1, 0.15) is 5.60 Å². The minimum absolute atomic E-state index is 0.137. The van der Waals surface area contributed by atoms with Crippen molar-refractivity contribution >= 4 is 0 Å². The highest BCUT2D eigenvalue weighted by Crippen LogP contribution is 2.41. The summed E-state index contributed by atoms with van der Waals surface area (Å²) in [6.45, 7) is 7.08. The molecular weight excluding hydrogens is 262 g/mol. The van der Waals surface area contributed by atoms with Gasteiger partial charge in [-0.15, -0.1) is 0 Å². The quantitative estimate of drug-likeness (QED) is 0.923. The zero-order valence-electron chi connectivity index (χ0n) is 13.4. The van der Waals surface area contributed by atoms with Gasteiger partial charge in [0.25, 0.3) is 0 Å². The summed E-state index contributed by atoms with van der Waals surface area (Å²) in [7, 11) is 1.80. The smallest absolute Gasteiger partial charge is 0.106 e. The SMILES string of the molecule is COC1(CNC2CCC(C)(C)c3ccccc32)CCOC1. The highest BCUT2D eigenvalue weighted by molar-refractivity contribution is 5.38. The van der Waals surface area contributed by atoms with E-state index in [2.05, 4.69) is 43.4 Å². The Kier molecular flexibility index (Phi) is 4.08. The van der Waals surface area contributed by atoms with Crippen LogP contribution in [0.5, 0.6) is 0 Å². The van der Waals surface area contributed by atoms with Crippen LogP contribution >= 0.6 is 0 Å². The number of ether oxygens (including phenoxy) is 2. The summed E-state index contributed by atoms with van der Waals surface area (Å²) in [5.74, 6) is 0. The molecule has 0 aromatic heterocycles. The topological polar surface area (TPSA) is 30.5 Å². The Hall–Kier alpha value is -0.900. The Morgan fingerprint density at radius 1 is 1.29 bits per heavy atom. The fraction of sp³-hybridized carbons (Fsp3) is 0.667. The molecule has 1 aliphatic carbocycles. The zero-order chi connectivity index (χ0) is 14.9. The maximum absolute atomic E-state index is 5.73. The molecule has 1 heterocycles. The van der Waals surface area contributed by atoms with Crippen molar-refractivity contribution in [2.75, 3.05) is 26.9 Å². The minimum atomic E-state index is -0.137. The second-order valence-corrected chi connectivity index (χ2v) is 7.13. The molecule has 0 amide bonds. The van der Waals surface area contributed by atoms with Gasteiger partial charge in [-0.2, -0.15) is 0 Å². The second-order valence-electron chi connectivity index (χ2n) is 7.13. The molecule has 3 heteroatoms. The highest BCUT2D eigenvalue weighted by Gasteiger charge is 2.37. The van der Waals surface area contributed by atoms with E-state index in [1.165, 1.54) is 24.0 Å². The second kappa shape index (κ2) is 5.71. The van der Waals surface area contributed by atoms with Gasteiger partial charge in [-0.25, -0.2) is 0 Å². The number of fused-ring (bicyclic) bond motifs is 1. The molecule has 1 N–H and O–H groups in total. The normalized spacial score (nSPS) is 31.1. The van der Waals surface area contributed by atoms with Gasteiger partial charge in [0.2, 0.25) is 0 Å². The summed E-state index contributed by atoms with van der Waals surface area (Å²) in [5.41, 5.74) is 3.09. The Balaban J connectivity index is 1.75. The van der Waals surface area contributed by atoms with E-state index in [-0.39, 0.29) is 11.0 Å². The molecule has 1 aromatic rings. The van der Waals surface area contributed by atoms with Crippen molar-refractivity contribution in [2.45, 2.75) is 50.2 Å². The lowest BCUT2D eigenvalue weighted by atomic mass is 9.71. The summed E-state index contributed by atoms with van der Waals surface area (Å²) >= 11 is 0. The molecule has 2 aliphatic rings. The Bertz CT molecular complexity index is 492. The first-order valence-electron chi connectivity index (χ1n) is 8.02. The van der Waals surface area contributed by atoms with E-state index in [9.17, 15) is 0 Å². The highest BCUT2D eigenvalue weighted by atomic mass is 16.5. The molecule has 1 aliphatic heterocycles. The van der Waals surface area contributed by atoms with Crippen molar-refractivity contribution in [3.05, 3.63) is 35.4 Å². The van der Waals surface area contributed by atoms with Crippen LogP contribution < -0.4 is 5.32 Å². The van der Waals surface area contributed by atoms with Crippen molar-refractivity contribution in [1.29, 1.82) is 0 Å². The lowest BCUT2D eigenvalue weighted by Gasteiger charge is -2.39. The number of hydrogen-bond acceptors (Lipinski definition) is 3. The maximum atomic E-state index is 5.73. The molecule has 0 radical (unpaired) electrons. The van der Waals surface area contributed by atoms with Crippen LogP contribution in [0, 0.1) is 0 Å². The first-order valence-corrected chi connectivity index (χ1v) is 8.02. The largest absolute Gasteiger partial charge is 0.378 e. The molecule has 0 spiro atoms. The molecule has 1 fully saturated rings. The van der Waals surface area contributed by atoms with E-state index in [0.717, 1.165) is 19.6 Å². The van der Waals surface area contributed by atoms with Crippen molar-refractivity contribution in [1.82, 2.24) is 5.32 Å². The first-order chi connectivity index (χ1) is 10.1. The minimum Gasteiger partial charge on any atom is -0.378 e. The van der Waals surface area contributed by atoms with Crippen LogP contribution in [0.15, 0.2) is 24.3 Å². The van der Waals surface area contributed by atoms with Gasteiger partial charge in [0.15, 0.2) is 0 Å². The number of hydrogen-bond donors (Lipinski definition) is 1. The van der Waals surface area contributed by atoms with Crippen LogP contribution in [-0.2, 0) is 14.9 Å². The van der Waals surface area contributed by atoms with E-state index in [1.54, 1.807) is 7.11 Å². The fourth-order valence-corrected chi connectivity index (χ4v) is 3.69. The summed E-state index contributed by atoms with van der Waals surface area (Å²) in [4.78, 5) is 0. The molecule has 0 bridgehead atoms. The first kappa shape index (κ1) is 15.0. The summed E-state index contributed by atoms with van der Waals surface area (Å²) in [6.07, 6.45) is 3.39. The van der Waals surface area contributed by atoms with E-state index >= 15 is 0 Å². The van der Waals surface area contributed by atoms with Gasteiger partial charge >= 0.3 is 0 Å². The Labute approximate surface area is 128 Å². The van der Waals surface area contributed by atoms with E-state index < -0.39 is 0 Å². The average molecular weight is 289 g/mol. The summed E-state index contributed by atoms with van der Waals surface area (Å²) < 4.78 is 11.3. The Morgan fingerprint density at radius 2 is 2.10 bits per heavy atom. The van der Waals surface area contributed by atoms with E-state index in [1.807, 2.05) is 0 Å². The number of rotatable bonds is 4. The van der Waals surface area contributed by atoms with Crippen LogP contribution in [0.3, 0.4) is 0 Å². The third-order valence-electron chi connectivity index (χ3n) is 5.29. The van der Waals surface area contributed by atoms with E-state index in [4.69, 9.17) is 9.47 Å². The molecule has 116 valence electrons. The number of nitrogens with one attached hydrogen (secondary N) is 1. The predicted octanol–water partition coefficient (Wildman–Crippen LogP) is 3.19. The molecule has 3 nitrogen and oxygen atoms in total. The third-order valence-corrected chi connectivity index (χ3v) is 5.29. The van der Waals surface area contributed by atoms with E-state index in [0.29, 0.717) is 12.6 Å². The van der Waals surface area contributed by atoms with Crippen molar-refractivity contribution in [3.63, 3.8) is 0 Å². The lowest BCUT2D eigenvalue weighted by Crippen LogP contribution is -2.45. The molecule has 1 aromatic carbocycles. The molecular formula is C18H27NO2. The maximum Gasteiger partial charge on any atom is 0.106 e. The monoisotopic (exact) mass is 289 g/mol. The van der Waals surface area contributed by atoms with Gasteiger partial charge in [-0.3, -0.25) is 0 Å². The summed E-state index contributed by atoms with van der Waals surface area (Å²) in [5, 5.41) is 3.74. The molecule has 2 atom stereocenters. The molecule has 1 saturated heterocycles. The van der Waals surface area contributed by atoms with Gasteiger partial charge in [-0.1, -0.05) is 38.1 Å². The van der Waals surface area contributed by atoms with Crippen LogP contribution in [-0.4, -0.2) is 32.5 Å². The van der Waals surface area contributed by atoms with Crippen molar-refractivity contribution < 1.29 is 9.47 Å². The number of benzene rings is 1. The van der Waals surface area contributed by atoms with Crippen molar-refractivity contribution in [2.24, 2.45) is 0 Å². The average Bonchev–Trinajstić information content (AvgIpc) is 2.96. The van der Waals surface area contributed by atoms with Crippen LogP contribution in [0.25, 0.3) is 0 Å². The Morgan fingerprint density at radius 3 is 2.81 bits per heavy atom. The molecule has 2 unspecified atom stereocenters.